The molecule has 0 amide bonds. The number of anilines is 1. The molecule has 1 aliphatic rings. The Labute approximate surface area is 132 Å². The number of hydrogen-bond acceptors (Lipinski definition) is 4. The number of amidine groups is 1. The first kappa shape index (κ1) is 16.2. The third kappa shape index (κ3) is 4.95. The van der Waals surface area contributed by atoms with Crippen molar-refractivity contribution in [1.29, 1.82) is 0 Å². The maximum Gasteiger partial charge on any atom is 0.161 e. The Balaban J connectivity index is 2.04. The average molecular weight is 306 g/mol. The third-order valence-electron chi connectivity index (χ3n) is 3.70. The van der Waals surface area contributed by atoms with Crippen LogP contribution in [-0.2, 0) is 0 Å². The van der Waals surface area contributed by atoms with Crippen molar-refractivity contribution in [3.05, 3.63) is 24.3 Å². The Bertz CT molecular complexity index is 487. The number of rotatable bonds is 5. The first-order valence-corrected chi connectivity index (χ1v) is 8.81. The summed E-state index contributed by atoms with van der Waals surface area (Å²) in [7, 11) is 0. The summed E-state index contributed by atoms with van der Waals surface area (Å²) < 4.78 is 5.87. The van der Waals surface area contributed by atoms with Gasteiger partial charge < -0.3 is 10.1 Å². The second-order valence-corrected chi connectivity index (χ2v) is 6.96. The Kier molecular flexibility index (Phi) is 5.97. The van der Waals surface area contributed by atoms with Gasteiger partial charge in [-0.05, 0) is 37.8 Å². The number of nitrogens with zero attached hydrogens (tertiary/aromatic N) is 1. The Hall–Kier alpha value is -1.16. The van der Waals surface area contributed by atoms with Crippen LogP contribution in [0.2, 0.25) is 0 Å². The topological polar surface area (TPSA) is 33.6 Å². The first-order chi connectivity index (χ1) is 10.1. The van der Waals surface area contributed by atoms with Gasteiger partial charge in [0.15, 0.2) is 5.17 Å². The van der Waals surface area contributed by atoms with E-state index in [0.29, 0.717) is 12.0 Å². The average Bonchev–Trinajstić information content (AvgIpc) is 2.47. The zero-order valence-corrected chi connectivity index (χ0v) is 14.2. The van der Waals surface area contributed by atoms with Crippen LogP contribution in [0.4, 0.5) is 5.69 Å². The Morgan fingerprint density at radius 2 is 2.19 bits per heavy atom. The second kappa shape index (κ2) is 7.74. The third-order valence-corrected chi connectivity index (χ3v) is 4.62. The number of nitrogens with one attached hydrogen (secondary N) is 1. The fraction of sp³-hybridized carbons (Fsp3) is 0.588. The number of ether oxygens (including phenoxy) is 1. The van der Waals surface area contributed by atoms with Crippen molar-refractivity contribution in [1.82, 2.24) is 0 Å². The quantitative estimate of drug-likeness (QED) is 0.849. The van der Waals surface area contributed by atoms with E-state index in [2.05, 4.69) is 39.1 Å². The van der Waals surface area contributed by atoms with E-state index in [1.807, 2.05) is 18.2 Å². The fourth-order valence-corrected chi connectivity index (χ4v) is 3.12. The molecule has 1 aromatic rings. The van der Waals surface area contributed by atoms with Gasteiger partial charge in [0.1, 0.15) is 5.75 Å². The van der Waals surface area contributed by atoms with Crippen molar-refractivity contribution in [2.45, 2.75) is 52.7 Å². The molecule has 1 N–H and O–H groups in total. The van der Waals surface area contributed by atoms with E-state index < -0.39 is 0 Å². The van der Waals surface area contributed by atoms with Crippen LogP contribution >= 0.6 is 11.8 Å². The molecule has 4 heteroatoms. The molecule has 2 unspecified atom stereocenters. The molecule has 0 aliphatic carbocycles. The maximum absolute atomic E-state index is 5.87. The van der Waals surface area contributed by atoms with Gasteiger partial charge in [0.25, 0.3) is 0 Å². The lowest BCUT2D eigenvalue weighted by Crippen LogP contribution is -2.23. The van der Waals surface area contributed by atoms with Crippen LogP contribution in [-0.4, -0.2) is 23.1 Å². The van der Waals surface area contributed by atoms with Crippen molar-refractivity contribution in [2.75, 3.05) is 11.1 Å². The zero-order valence-electron chi connectivity index (χ0n) is 13.4. The molecule has 0 fully saturated rings. The van der Waals surface area contributed by atoms with Gasteiger partial charge in [-0.3, -0.25) is 4.99 Å². The molecule has 0 radical (unpaired) electrons. The van der Waals surface area contributed by atoms with E-state index in [-0.39, 0.29) is 6.10 Å². The molecule has 1 aromatic carbocycles. The number of hydrogen-bond donors (Lipinski definition) is 1. The summed E-state index contributed by atoms with van der Waals surface area (Å²) in [5, 5.41) is 4.46. The van der Waals surface area contributed by atoms with Crippen LogP contribution in [0, 0.1) is 5.92 Å². The van der Waals surface area contributed by atoms with Crippen molar-refractivity contribution >= 4 is 22.6 Å². The van der Waals surface area contributed by atoms with Crippen molar-refractivity contribution in [2.24, 2.45) is 10.9 Å². The minimum atomic E-state index is 0.243. The van der Waals surface area contributed by atoms with Gasteiger partial charge in [-0.25, -0.2) is 0 Å². The highest BCUT2D eigenvalue weighted by Gasteiger charge is 2.18. The number of benzene rings is 1. The predicted molar refractivity (Wildman–Crippen MR) is 93.6 cm³/mol. The summed E-state index contributed by atoms with van der Waals surface area (Å²) in [4.78, 5) is 4.81. The number of aliphatic imine (C=N–C) groups is 1. The molecule has 1 aliphatic heterocycles. The summed E-state index contributed by atoms with van der Waals surface area (Å²) in [5.41, 5.74) is 1.05. The monoisotopic (exact) mass is 306 g/mol. The minimum Gasteiger partial charge on any atom is -0.491 e. The lowest BCUT2D eigenvalue weighted by Gasteiger charge is -2.23. The summed E-state index contributed by atoms with van der Waals surface area (Å²) in [5.74, 6) is 2.65. The Morgan fingerprint density at radius 1 is 1.38 bits per heavy atom. The molecule has 2 rings (SSSR count). The van der Waals surface area contributed by atoms with Crippen molar-refractivity contribution in [3.8, 4) is 5.75 Å². The first-order valence-electron chi connectivity index (χ1n) is 7.82. The molecule has 21 heavy (non-hydrogen) atoms. The van der Waals surface area contributed by atoms with Crippen molar-refractivity contribution in [3.63, 3.8) is 0 Å². The normalized spacial score (nSPS) is 20.0. The van der Waals surface area contributed by atoms with E-state index in [4.69, 9.17) is 9.73 Å². The van der Waals surface area contributed by atoms with Gasteiger partial charge in [-0.1, -0.05) is 38.6 Å². The van der Waals surface area contributed by atoms with Crippen molar-refractivity contribution < 1.29 is 4.74 Å². The zero-order chi connectivity index (χ0) is 15.2. The molecular weight excluding hydrogens is 280 g/mol. The van der Waals surface area contributed by atoms with E-state index in [1.165, 1.54) is 6.42 Å². The molecule has 0 aromatic heterocycles. The van der Waals surface area contributed by atoms with Crippen LogP contribution in [0.15, 0.2) is 29.3 Å². The van der Waals surface area contributed by atoms with Crippen LogP contribution in [0.3, 0.4) is 0 Å². The summed E-state index contributed by atoms with van der Waals surface area (Å²) in [6.07, 6.45) is 2.42. The molecule has 0 bridgehead atoms. The highest BCUT2D eigenvalue weighted by molar-refractivity contribution is 8.14. The molecule has 0 saturated carbocycles. The van der Waals surface area contributed by atoms with Gasteiger partial charge in [0.05, 0.1) is 12.1 Å². The fourth-order valence-electron chi connectivity index (χ4n) is 2.17. The molecule has 0 spiro atoms. The molecule has 0 saturated heterocycles. The summed E-state index contributed by atoms with van der Waals surface area (Å²) >= 11 is 1.80. The van der Waals surface area contributed by atoms with Crippen LogP contribution in [0.1, 0.15) is 40.5 Å². The standard InChI is InChI=1S/C17H26N2OS/c1-5-13(4)20-15-8-6-7-14(11-15)18-17-19-16(12(2)3)9-10-21-17/h6-8,11-13,16H,5,9-10H2,1-4H3,(H,18,19). The van der Waals surface area contributed by atoms with E-state index in [9.17, 15) is 0 Å². The van der Waals surface area contributed by atoms with Crippen LogP contribution in [0.5, 0.6) is 5.75 Å². The van der Waals surface area contributed by atoms with Crippen LogP contribution in [0.25, 0.3) is 0 Å². The maximum atomic E-state index is 5.87. The number of thioether (sulfide) groups is 1. The highest BCUT2D eigenvalue weighted by Crippen LogP contribution is 2.25. The molecular formula is C17H26N2OS. The van der Waals surface area contributed by atoms with Gasteiger partial charge >= 0.3 is 0 Å². The molecule has 116 valence electrons. The molecule has 3 nitrogen and oxygen atoms in total. The molecule has 2 atom stereocenters. The van der Waals surface area contributed by atoms with E-state index in [0.717, 1.165) is 28.8 Å². The lowest BCUT2D eigenvalue weighted by molar-refractivity contribution is 0.217. The summed E-state index contributed by atoms with van der Waals surface area (Å²) in [6.45, 7) is 8.70. The molecule has 1 heterocycles. The van der Waals surface area contributed by atoms with Gasteiger partial charge in [-0.2, -0.15) is 0 Å². The second-order valence-electron chi connectivity index (χ2n) is 5.87. The van der Waals surface area contributed by atoms with E-state index in [1.54, 1.807) is 11.8 Å². The van der Waals surface area contributed by atoms with E-state index >= 15 is 0 Å². The highest BCUT2D eigenvalue weighted by atomic mass is 32.2. The lowest BCUT2D eigenvalue weighted by atomic mass is 10.0. The Morgan fingerprint density at radius 3 is 2.90 bits per heavy atom. The van der Waals surface area contributed by atoms with Gasteiger partial charge in [0, 0.05) is 17.5 Å². The van der Waals surface area contributed by atoms with Gasteiger partial charge in [0.2, 0.25) is 0 Å². The largest absolute Gasteiger partial charge is 0.491 e. The summed E-state index contributed by atoms with van der Waals surface area (Å²) in [6, 6.07) is 8.58. The minimum absolute atomic E-state index is 0.243. The van der Waals surface area contributed by atoms with Crippen LogP contribution < -0.4 is 10.1 Å². The van der Waals surface area contributed by atoms with Gasteiger partial charge in [-0.15, -0.1) is 0 Å². The SMILES string of the molecule is CCC(C)Oc1cccc(NC2=NC(C(C)C)CCS2)c1. The predicted octanol–water partition coefficient (Wildman–Crippen LogP) is 4.79. The smallest absolute Gasteiger partial charge is 0.161 e.